The van der Waals surface area contributed by atoms with Crippen LogP contribution in [0, 0.1) is 5.92 Å². The van der Waals surface area contributed by atoms with Crippen molar-refractivity contribution in [2.75, 3.05) is 24.6 Å². The van der Waals surface area contributed by atoms with E-state index in [-0.39, 0.29) is 35.5 Å². The maximum Gasteiger partial charge on any atom is 0.226 e. The number of rotatable bonds is 1. The van der Waals surface area contributed by atoms with E-state index >= 15 is 0 Å². The van der Waals surface area contributed by atoms with E-state index in [0.29, 0.717) is 19.5 Å². The molecule has 0 radical (unpaired) electrons. The second-order valence-electron chi connectivity index (χ2n) is 5.10. The van der Waals surface area contributed by atoms with Gasteiger partial charge in [-0.2, -0.15) is 0 Å². The zero-order valence-corrected chi connectivity index (χ0v) is 11.1. The van der Waals surface area contributed by atoms with Crippen LogP contribution in [0.3, 0.4) is 0 Å². The normalized spacial score (nSPS) is 37.1. The molecule has 2 rings (SSSR count). The molecule has 0 saturated carbocycles. The lowest BCUT2D eigenvalue weighted by Gasteiger charge is -2.36. The van der Waals surface area contributed by atoms with Crippen LogP contribution in [0.15, 0.2) is 0 Å². The highest BCUT2D eigenvalue weighted by Crippen LogP contribution is 2.22. The SMILES string of the molecule is CC1CN(C(=O)C2CCS(=O)(=O)C2)CC(C)O1. The molecule has 5 nitrogen and oxygen atoms in total. The summed E-state index contributed by atoms with van der Waals surface area (Å²) in [4.78, 5) is 13.9. The molecule has 17 heavy (non-hydrogen) atoms. The largest absolute Gasteiger partial charge is 0.372 e. The molecule has 1 amide bonds. The summed E-state index contributed by atoms with van der Waals surface area (Å²) in [5, 5.41) is 0. The Labute approximate surface area is 102 Å². The van der Waals surface area contributed by atoms with Gasteiger partial charge in [-0.05, 0) is 20.3 Å². The summed E-state index contributed by atoms with van der Waals surface area (Å²) in [5.74, 6) is -0.185. The molecule has 0 aromatic heterocycles. The van der Waals surface area contributed by atoms with Crippen LogP contribution >= 0.6 is 0 Å². The van der Waals surface area contributed by atoms with Gasteiger partial charge in [0, 0.05) is 13.1 Å². The van der Waals surface area contributed by atoms with Gasteiger partial charge in [0.2, 0.25) is 5.91 Å². The molecule has 0 aromatic carbocycles. The summed E-state index contributed by atoms with van der Waals surface area (Å²) in [7, 11) is -2.98. The van der Waals surface area contributed by atoms with Gasteiger partial charge < -0.3 is 9.64 Å². The molecule has 2 saturated heterocycles. The fraction of sp³-hybridized carbons (Fsp3) is 0.909. The van der Waals surface area contributed by atoms with Crippen LogP contribution < -0.4 is 0 Å². The zero-order valence-electron chi connectivity index (χ0n) is 10.3. The highest BCUT2D eigenvalue weighted by atomic mass is 32.2. The minimum absolute atomic E-state index is 0.0198. The molecule has 0 bridgehead atoms. The standard InChI is InChI=1S/C11H19NO4S/c1-8-5-12(6-9(2)16-8)11(13)10-3-4-17(14,15)7-10/h8-10H,3-7H2,1-2H3. The molecule has 2 aliphatic heterocycles. The fourth-order valence-electron chi connectivity index (χ4n) is 2.61. The van der Waals surface area contributed by atoms with Crippen molar-refractivity contribution in [1.82, 2.24) is 4.90 Å². The average Bonchev–Trinajstić information content (AvgIpc) is 2.56. The Morgan fingerprint density at radius 2 is 1.82 bits per heavy atom. The number of ether oxygens (including phenoxy) is 1. The minimum Gasteiger partial charge on any atom is -0.372 e. The fourth-order valence-corrected chi connectivity index (χ4v) is 4.34. The first kappa shape index (κ1) is 12.8. The van der Waals surface area contributed by atoms with Gasteiger partial charge in [-0.3, -0.25) is 4.79 Å². The van der Waals surface area contributed by atoms with Gasteiger partial charge in [0.15, 0.2) is 9.84 Å². The Kier molecular flexibility index (Phi) is 3.45. The molecular weight excluding hydrogens is 242 g/mol. The molecular formula is C11H19NO4S. The first-order chi connectivity index (χ1) is 7.87. The Morgan fingerprint density at radius 1 is 1.24 bits per heavy atom. The maximum absolute atomic E-state index is 12.2. The smallest absolute Gasteiger partial charge is 0.226 e. The van der Waals surface area contributed by atoms with E-state index in [1.807, 2.05) is 13.8 Å². The Hall–Kier alpha value is -0.620. The summed E-state index contributed by atoms with van der Waals surface area (Å²) in [6.45, 7) is 5.00. The van der Waals surface area contributed by atoms with Crippen LogP contribution in [-0.2, 0) is 19.4 Å². The number of morpholine rings is 1. The Morgan fingerprint density at radius 3 is 2.29 bits per heavy atom. The average molecular weight is 261 g/mol. The van der Waals surface area contributed by atoms with E-state index < -0.39 is 9.84 Å². The van der Waals surface area contributed by atoms with Crippen molar-refractivity contribution in [2.24, 2.45) is 5.92 Å². The van der Waals surface area contributed by atoms with Crippen LogP contribution in [-0.4, -0.2) is 56.0 Å². The lowest BCUT2D eigenvalue weighted by Crippen LogP contribution is -2.50. The van der Waals surface area contributed by atoms with Crippen molar-refractivity contribution >= 4 is 15.7 Å². The van der Waals surface area contributed by atoms with Gasteiger partial charge >= 0.3 is 0 Å². The van der Waals surface area contributed by atoms with Gasteiger partial charge in [0.1, 0.15) is 0 Å². The molecule has 98 valence electrons. The van der Waals surface area contributed by atoms with E-state index in [1.165, 1.54) is 0 Å². The van der Waals surface area contributed by atoms with E-state index in [1.54, 1.807) is 4.90 Å². The summed E-state index contributed by atoms with van der Waals surface area (Å²) >= 11 is 0. The van der Waals surface area contributed by atoms with Gasteiger partial charge in [-0.25, -0.2) is 8.42 Å². The molecule has 3 atom stereocenters. The van der Waals surface area contributed by atoms with Crippen LogP contribution in [0.4, 0.5) is 0 Å². The van der Waals surface area contributed by atoms with Crippen LogP contribution in [0.2, 0.25) is 0 Å². The number of carbonyl (C=O) groups excluding carboxylic acids is 1. The number of hydrogen-bond acceptors (Lipinski definition) is 4. The highest BCUT2D eigenvalue weighted by molar-refractivity contribution is 7.91. The predicted octanol–water partition coefficient (Wildman–Crippen LogP) is 0.0569. The third-order valence-electron chi connectivity index (χ3n) is 3.31. The minimum atomic E-state index is -2.98. The van der Waals surface area contributed by atoms with Crippen molar-refractivity contribution < 1.29 is 17.9 Å². The summed E-state index contributed by atoms with van der Waals surface area (Å²) in [6, 6.07) is 0. The highest BCUT2D eigenvalue weighted by Gasteiger charge is 2.37. The van der Waals surface area contributed by atoms with Crippen LogP contribution in [0.1, 0.15) is 20.3 Å². The molecule has 3 unspecified atom stereocenters. The van der Waals surface area contributed by atoms with Crippen molar-refractivity contribution in [1.29, 1.82) is 0 Å². The zero-order chi connectivity index (χ0) is 12.6. The van der Waals surface area contributed by atoms with Crippen molar-refractivity contribution in [3.05, 3.63) is 0 Å². The topological polar surface area (TPSA) is 63.7 Å². The molecule has 0 aliphatic carbocycles. The van der Waals surface area contributed by atoms with Crippen LogP contribution in [0.25, 0.3) is 0 Å². The van der Waals surface area contributed by atoms with E-state index in [2.05, 4.69) is 0 Å². The van der Waals surface area contributed by atoms with Crippen molar-refractivity contribution in [3.8, 4) is 0 Å². The summed E-state index contributed by atoms with van der Waals surface area (Å²) in [5.41, 5.74) is 0. The number of sulfone groups is 1. The van der Waals surface area contributed by atoms with E-state index in [4.69, 9.17) is 4.74 Å². The Bertz CT molecular complexity index is 396. The molecule has 6 heteroatoms. The van der Waals surface area contributed by atoms with Gasteiger partial charge in [-0.1, -0.05) is 0 Å². The molecule has 0 spiro atoms. The van der Waals surface area contributed by atoms with E-state index in [0.717, 1.165) is 0 Å². The van der Waals surface area contributed by atoms with Gasteiger partial charge in [-0.15, -0.1) is 0 Å². The van der Waals surface area contributed by atoms with E-state index in [9.17, 15) is 13.2 Å². The number of carbonyl (C=O) groups is 1. The second-order valence-corrected chi connectivity index (χ2v) is 7.33. The van der Waals surface area contributed by atoms with Gasteiger partial charge in [0.25, 0.3) is 0 Å². The molecule has 2 aliphatic rings. The monoisotopic (exact) mass is 261 g/mol. The second kappa shape index (κ2) is 4.57. The first-order valence-electron chi connectivity index (χ1n) is 6.02. The van der Waals surface area contributed by atoms with Gasteiger partial charge in [0.05, 0.1) is 29.6 Å². The maximum atomic E-state index is 12.2. The Balaban J connectivity index is 2.00. The molecule has 2 heterocycles. The van der Waals surface area contributed by atoms with Crippen LogP contribution in [0.5, 0.6) is 0 Å². The lowest BCUT2D eigenvalue weighted by atomic mass is 10.1. The first-order valence-corrected chi connectivity index (χ1v) is 7.84. The van der Waals surface area contributed by atoms with Crippen molar-refractivity contribution in [3.63, 3.8) is 0 Å². The number of nitrogens with zero attached hydrogens (tertiary/aromatic N) is 1. The third kappa shape index (κ3) is 2.98. The summed E-state index contributed by atoms with van der Waals surface area (Å²) < 4.78 is 28.3. The third-order valence-corrected chi connectivity index (χ3v) is 5.08. The lowest BCUT2D eigenvalue weighted by molar-refractivity contribution is -0.146. The molecule has 0 N–H and O–H groups in total. The quantitative estimate of drug-likeness (QED) is 0.669. The predicted molar refractivity (Wildman–Crippen MR) is 63.3 cm³/mol. The number of hydrogen-bond donors (Lipinski definition) is 0. The van der Waals surface area contributed by atoms with Crippen molar-refractivity contribution in [2.45, 2.75) is 32.5 Å². The number of amides is 1. The summed E-state index contributed by atoms with van der Waals surface area (Å²) in [6.07, 6.45) is 0.530. The molecule has 2 fully saturated rings. The molecule has 0 aromatic rings.